The molecule has 3 aromatic rings. The van der Waals surface area contributed by atoms with Crippen LogP contribution in [0, 0.1) is 5.92 Å². The number of hydrogen-bond acceptors (Lipinski definition) is 5. The summed E-state index contributed by atoms with van der Waals surface area (Å²) in [6, 6.07) is 14.6. The maximum absolute atomic E-state index is 12.5. The fraction of sp³-hybridized carbons (Fsp3) is 0.333. The van der Waals surface area contributed by atoms with Gasteiger partial charge in [0, 0.05) is 25.1 Å². The van der Waals surface area contributed by atoms with E-state index in [9.17, 15) is 14.4 Å². The molecule has 0 aliphatic heterocycles. The van der Waals surface area contributed by atoms with E-state index in [-0.39, 0.29) is 48.0 Å². The molecule has 1 saturated carbocycles. The molecule has 1 aliphatic rings. The van der Waals surface area contributed by atoms with Gasteiger partial charge in [0.2, 0.25) is 17.0 Å². The van der Waals surface area contributed by atoms with E-state index in [2.05, 4.69) is 15.6 Å². The normalized spacial score (nSPS) is 17.2. The number of aliphatic carboxylic acids is 1. The number of benzene rings is 2. The number of nitrogens with zero attached hydrogens (tertiary/aromatic N) is 1. The summed E-state index contributed by atoms with van der Waals surface area (Å²) in [6.45, 7) is 0.0902. The van der Waals surface area contributed by atoms with Crippen LogP contribution in [0.1, 0.15) is 60.5 Å². The van der Waals surface area contributed by atoms with Crippen molar-refractivity contribution < 1.29 is 23.9 Å². The van der Waals surface area contributed by atoms with Crippen molar-refractivity contribution in [1.29, 1.82) is 0 Å². The summed E-state index contributed by atoms with van der Waals surface area (Å²) >= 11 is 12.2. The highest BCUT2D eigenvalue weighted by atomic mass is 35.5. The molecule has 8 nitrogen and oxygen atoms in total. The Morgan fingerprint density at radius 3 is 2.38 bits per heavy atom. The first-order valence-corrected chi connectivity index (χ1v) is 12.9. The number of carbonyl (C=O) groups excluding carboxylic acids is 2. The third kappa shape index (κ3) is 7.11. The van der Waals surface area contributed by atoms with Crippen LogP contribution in [0.15, 0.2) is 52.9 Å². The molecule has 0 radical (unpaired) electrons. The SMILES string of the molecule is O=C(O)C[C@H]1CC[C@H](c2ccc(NC(=O)CCNC(=O)c3nc(-c4ccccc4Cl)oc3Cl)cc2)CC1. The van der Waals surface area contributed by atoms with Crippen LogP contribution in [0.5, 0.6) is 0 Å². The molecule has 0 bridgehead atoms. The molecule has 0 unspecified atom stereocenters. The van der Waals surface area contributed by atoms with Gasteiger partial charge >= 0.3 is 5.97 Å². The third-order valence-electron chi connectivity index (χ3n) is 6.52. The van der Waals surface area contributed by atoms with E-state index in [1.54, 1.807) is 24.3 Å². The molecule has 0 spiro atoms. The average molecular weight is 544 g/mol. The van der Waals surface area contributed by atoms with E-state index in [0.29, 0.717) is 22.2 Å². The zero-order valence-corrected chi connectivity index (χ0v) is 21.5. The van der Waals surface area contributed by atoms with E-state index in [4.69, 9.17) is 32.7 Å². The standard InChI is InChI=1S/C27H27Cl2N3O5/c28-21-4-2-1-3-20(21)27-32-24(25(29)37-27)26(36)30-14-13-22(33)31-19-11-9-18(10-12-19)17-7-5-16(6-8-17)15-23(34)35/h1-4,9-12,16-17H,5-8,13-15H2,(H,30,36)(H,31,33)(H,34,35)/t16-,17-. The van der Waals surface area contributed by atoms with Crippen molar-refractivity contribution in [3.63, 3.8) is 0 Å². The molecule has 1 heterocycles. The molecule has 194 valence electrons. The average Bonchev–Trinajstić information content (AvgIpc) is 3.26. The van der Waals surface area contributed by atoms with Gasteiger partial charge in [0.15, 0.2) is 5.69 Å². The molecule has 3 N–H and O–H groups in total. The summed E-state index contributed by atoms with van der Waals surface area (Å²) < 4.78 is 5.39. The summed E-state index contributed by atoms with van der Waals surface area (Å²) in [5, 5.41) is 14.7. The van der Waals surface area contributed by atoms with Crippen molar-refractivity contribution in [2.45, 2.75) is 44.4 Å². The van der Waals surface area contributed by atoms with Crippen LogP contribution in [0.3, 0.4) is 0 Å². The van der Waals surface area contributed by atoms with Crippen LogP contribution in [0.2, 0.25) is 10.2 Å². The lowest BCUT2D eigenvalue weighted by Gasteiger charge is -2.28. The van der Waals surface area contributed by atoms with Gasteiger partial charge < -0.3 is 20.2 Å². The van der Waals surface area contributed by atoms with Crippen LogP contribution < -0.4 is 10.6 Å². The van der Waals surface area contributed by atoms with Gasteiger partial charge in [-0.1, -0.05) is 35.9 Å². The Labute approximate surface area is 224 Å². The van der Waals surface area contributed by atoms with Crippen molar-refractivity contribution >= 4 is 46.7 Å². The Balaban J connectivity index is 1.23. The Kier molecular flexibility index (Phi) is 8.84. The molecule has 10 heteroatoms. The van der Waals surface area contributed by atoms with E-state index in [0.717, 1.165) is 25.7 Å². The topological polar surface area (TPSA) is 122 Å². The van der Waals surface area contributed by atoms with Gasteiger partial charge in [-0.15, -0.1) is 0 Å². The first-order chi connectivity index (χ1) is 17.8. The molecule has 1 aliphatic carbocycles. The van der Waals surface area contributed by atoms with Gasteiger partial charge in [-0.25, -0.2) is 4.98 Å². The first-order valence-electron chi connectivity index (χ1n) is 12.1. The maximum Gasteiger partial charge on any atom is 0.303 e. The summed E-state index contributed by atoms with van der Waals surface area (Å²) in [6.07, 6.45) is 4.09. The highest BCUT2D eigenvalue weighted by Crippen LogP contribution is 2.37. The molecule has 37 heavy (non-hydrogen) atoms. The zero-order valence-electron chi connectivity index (χ0n) is 20.0. The minimum atomic E-state index is -0.729. The van der Waals surface area contributed by atoms with Crippen LogP contribution in [-0.2, 0) is 9.59 Å². The number of halogens is 2. The molecule has 0 saturated heterocycles. The molecule has 2 aromatic carbocycles. The largest absolute Gasteiger partial charge is 0.481 e. The second kappa shape index (κ2) is 12.3. The molecular formula is C27H27Cl2N3O5. The van der Waals surface area contributed by atoms with Gasteiger partial charge in [-0.05, 0) is 78.9 Å². The number of nitrogens with one attached hydrogen (secondary N) is 2. The zero-order chi connectivity index (χ0) is 26.4. The number of carboxylic acid groups (broad SMARTS) is 1. The Morgan fingerprint density at radius 1 is 1.00 bits per heavy atom. The quantitative estimate of drug-likeness (QED) is 0.297. The summed E-state index contributed by atoms with van der Waals surface area (Å²) in [5.74, 6) is -0.723. The van der Waals surface area contributed by atoms with E-state index in [1.165, 1.54) is 5.56 Å². The third-order valence-corrected chi connectivity index (χ3v) is 7.10. The lowest BCUT2D eigenvalue weighted by molar-refractivity contribution is -0.138. The predicted octanol–water partition coefficient (Wildman–Crippen LogP) is 6.16. The lowest BCUT2D eigenvalue weighted by Crippen LogP contribution is -2.28. The van der Waals surface area contributed by atoms with Gasteiger partial charge in [0.05, 0.1) is 10.6 Å². The predicted molar refractivity (Wildman–Crippen MR) is 141 cm³/mol. The van der Waals surface area contributed by atoms with Crippen molar-refractivity contribution in [1.82, 2.24) is 10.3 Å². The van der Waals surface area contributed by atoms with Gasteiger partial charge in [-0.3, -0.25) is 14.4 Å². The summed E-state index contributed by atoms with van der Waals surface area (Å²) in [4.78, 5) is 39.9. The minimum Gasteiger partial charge on any atom is -0.481 e. The monoisotopic (exact) mass is 543 g/mol. The van der Waals surface area contributed by atoms with Crippen molar-refractivity contribution in [2.75, 3.05) is 11.9 Å². The lowest BCUT2D eigenvalue weighted by atomic mass is 9.77. The number of carboxylic acids is 1. The van der Waals surface area contributed by atoms with Gasteiger partial charge in [0.25, 0.3) is 5.91 Å². The number of hydrogen-bond donors (Lipinski definition) is 3. The number of anilines is 1. The summed E-state index contributed by atoms with van der Waals surface area (Å²) in [5.41, 5.74) is 2.30. The molecule has 4 rings (SSSR count). The number of oxazole rings is 1. The molecule has 1 fully saturated rings. The number of rotatable bonds is 9. The van der Waals surface area contributed by atoms with Crippen molar-refractivity contribution in [3.8, 4) is 11.5 Å². The maximum atomic E-state index is 12.5. The molecule has 0 atom stereocenters. The van der Waals surface area contributed by atoms with Gasteiger partial charge in [-0.2, -0.15) is 0 Å². The van der Waals surface area contributed by atoms with Crippen molar-refractivity contribution in [3.05, 3.63) is 70.0 Å². The highest BCUT2D eigenvalue weighted by molar-refractivity contribution is 6.33. The van der Waals surface area contributed by atoms with E-state index in [1.807, 2.05) is 24.3 Å². The Bertz CT molecular complexity index is 1270. The van der Waals surface area contributed by atoms with E-state index < -0.39 is 11.9 Å². The fourth-order valence-corrected chi connectivity index (χ4v) is 4.99. The Morgan fingerprint density at radius 2 is 1.70 bits per heavy atom. The smallest absolute Gasteiger partial charge is 0.303 e. The van der Waals surface area contributed by atoms with E-state index >= 15 is 0 Å². The first kappa shape index (κ1) is 26.7. The van der Waals surface area contributed by atoms with Crippen LogP contribution in [0.25, 0.3) is 11.5 Å². The fourth-order valence-electron chi connectivity index (χ4n) is 4.57. The minimum absolute atomic E-state index is 0.0634. The molecule has 2 amide bonds. The molecule has 1 aromatic heterocycles. The Hall–Kier alpha value is -3.36. The van der Waals surface area contributed by atoms with Crippen LogP contribution in [-0.4, -0.2) is 34.4 Å². The van der Waals surface area contributed by atoms with Gasteiger partial charge in [0.1, 0.15) is 0 Å². The second-order valence-electron chi connectivity index (χ2n) is 9.11. The second-order valence-corrected chi connectivity index (χ2v) is 9.86. The highest BCUT2D eigenvalue weighted by Gasteiger charge is 2.24. The van der Waals surface area contributed by atoms with Crippen LogP contribution >= 0.6 is 23.2 Å². The van der Waals surface area contributed by atoms with Crippen molar-refractivity contribution in [2.24, 2.45) is 5.92 Å². The number of amides is 2. The number of aromatic nitrogens is 1. The molecular weight excluding hydrogens is 517 g/mol. The summed E-state index contributed by atoms with van der Waals surface area (Å²) in [7, 11) is 0. The number of carbonyl (C=O) groups is 3. The van der Waals surface area contributed by atoms with Crippen LogP contribution in [0.4, 0.5) is 5.69 Å².